The number of hydrogen-bond acceptors (Lipinski definition) is 2. The summed E-state index contributed by atoms with van der Waals surface area (Å²) in [5, 5.41) is 0. The lowest BCUT2D eigenvalue weighted by molar-refractivity contribution is 1.11. The fraction of sp³-hybridized carbons (Fsp3) is 0.0980. The molecule has 0 fully saturated rings. The first-order valence-electron chi connectivity index (χ1n) is 18.5. The molecule has 0 atom stereocenters. The largest absolute Gasteiger partial charge is 0.310 e. The van der Waals surface area contributed by atoms with Gasteiger partial charge in [0.15, 0.2) is 0 Å². The number of aryl methyl sites for hydroxylation is 4. The van der Waals surface area contributed by atoms with Crippen molar-refractivity contribution in [3.8, 4) is 0 Å². The van der Waals surface area contributed by atoms with Crippen molar-refractivity contribution >= 4 is 58.4 Å². The number of hydrogen-bond donors (Lipinski definition) is 0. The molecule has 7 rings (SSSR count). The van der Waals surface area contributed by atoms with Crippen LogP contribution in [0.4, 0.5) is 34.1 Å². The van der Waals surface area contributed by atoms with Gasteiger partial charge in [-0.05, 0) is 121 Å². The van der Waals surface area contributed by atoms with Crippen LogP contribution in [0, 0.1) is 20.8 Å². The van der Waals surface area contributed by atoms with Crippen LogP contribution >= 0.6 is 0 Å². The Morgan fingerprint density at radius 2 is 0.679 bits per heavy atom. The number of para-hydroxylation sites is 2. The van der Waals surface area contributed by atoms with Crippen LogP contribution in [0.15, 0.2) is 170 Å². The molecule has 2 heteroatoms. The molecule has 0 heterocycles. The van der Waals surface area contributed by atoms with E-state index in [4.69, 9.17) is 0 Å². The zero-order chi connectivity index (χ0) is 36.6. The van der Waals surface area contributed by atoms with E-state index in [-0.39, 0.29) is 0 Å². The third-order valence-corrected chi connectivity index (χ3v) is 9.73. The summed E-state index contributed by atoms with van der Waals surface area (Å²) < 4.78 is 0. The van der Waals surface area contributed by atoms with Crippen LogP contribution in [0.2, 0.25) is 0 Å². The normalized spacial score (nSPS) is 11.3. The van der Waals surface area contributed by atoms with Gasteiger partial charge >= 0.3 is 0 Å². The van der Waals surface area contributed by atoms with Crippen LogP contribution in [-0.4, -0.2) is 0 Å². The van der Waals surface area contributed by atoms with Gasteiger partial charge in [0.2, 0.25) is 0 Å². The molecule has 0 saturated carbocycles. The molecule has 7 aromatic rings. The highest BCUT2D eigenvalue weighted by Crippen LogP contribution is 2.38. The minimum absolute atomic E-state index is 0.976. The van der Waals surface area contributed by atoms with Gasteiger partial charge in [-0.2, -0.15) is 0 Å². The van der Waals surface area contributed by atoms with Crippen molar-refractivity contribution in [3.63, 3.8) is 0 Å². The molecule has 0 bridgehead atoms. The van der Waals surface area contributed by atoms with Crippen LogP contribution in [0.5, 0.6) is 0 Å². The lowest BCUT2D eigenvalue weighted by atomic mass is 10.1. The average Bonchev–Trinajstić information content (AvgIpc) is 3.20. The molecule has 0 unspecified atom stereocenters. The summed E-state index contributed by atoms with van der Waals surface area (Å²) >= 11 is 0. The Hall–Kier alpha value is -6.38. The molecule has 0 aliphatic carbocycles. The first-order chi connectivity index (χ1) is 25.9. The first-order valence-corrected chi connectivity index (χ1v) is 18.5. The zero-order valence-corrected chi connectivity index (χ0v) is 31.1. The first kappa shape index (κ1) is 35.0. The smallest absolute Gasteiger partial charge is 0.0493 e. The predicted octanol–water partition coefficient (Wildman–Crippen LogP) is 14.5. The van der Waals surface area contributed by atoms with Crippen LogP contribution in [0.25, 0.3) is 24.3 Å². The molecule has 0 aromatic heterocycles. The number of benzene rings is 7. The van der Waals surface area contributed by atoms with Crippen LogP contribution in [-0.2, 0) is 6.42 Å². The standard InChI is InChI=1S/C51H46N2/c1-5-45-11-7-9-13-51(45)53(47-32-16-39(3)17-33-47)49-36-28-44(29-37-49)25-23-42-20-18-41(19-21-42)22-24-43-26-34-48(35-27-43)52(46-30-14-38(2)15-31-46)50-12-8-6-10-40(50)4/h6-37H,5H2,1-4H3. The highest BCUT2D eigenvalue weighted by atomic mass is 15.1. The van der Waals surface area contributed by atoms with Crippen molar-refractivity contribution in [3.05, 3.63) is 214 Å². The maximum Gasteiger partial charge on any atom is 0.0493 e. The minimum Gasteiger partial charge on any atom is -0.310 e. The van der Waals surface area contributed by atoms with Crippen LogP contribution in [0.1, 0.15) is 51.4 Å². The quantitative estimate of drug-likeness (QED) is 0.125. The maximum absolute atomic E-state index is 2.36. The van der Waals surface area contributed by atoms with Crippen molar-refractivity contribution in [2.24, 2.45) is 0 Å². The Balaban J connectivity index is 1.03. The SMILES string of the molecule is CCc1ccccc1N(c1ccc(C)cc1)c1ccc(C=Cc2ccc(C=Cc3ccc(N(c4ccc(C)cc4)c4ccccc4C)cc3)cc2)cc1. The molecule has 0 saturated heterocycles. The third-order valence-electron chi connectivity index (χ3n) is 9.73. The molecular weight excluding hydrogens is 641 g/mol. The van der Waals surface area contributed by atoms with E-state index in [1.165, 1.54) is 44.8 Å². The summed E-state index contributed by atoms with van der Waals surface area (Å²) in [5.41, 5.74) is 16.7. The van der Waals surface area contributed by atoms with Crippen LogP contribution in [0.3, 0.4) is 0 Å². The topological polar surface area (TPSA) is 6.48 Å². The molecule has 0 N–H and O–H groups in total. The highest BCUT2D eigenvalue weighted by Gasteiger charge is 2.16. The fourth-order valence-electron chi connectivity index (χ4n) is 6.66. The van der Waals surface area contributed by atoms with Gasteiger partial charge in [-0.3, -0.25) is 0 Å². The van der Waals surface area contributed by atoms with Gasteiger partial charge in [0.1, 0.15) is 0 Å². The molecule has 0 spiro atoms. The van der Waals surface area contributed by atoms with Gasteiger partial charge in [-0.15, -0.1) is 0 Å². The summed E-state index contributed by atoms with van der Waals surface area (Å²) in [4.78, 5) is 4.69. The second-order valence-electron chi connectivity index (χ2n) is 13.6. The van der Waals surface area contributed by atoms with Crippen molar-refractivity contribution < 1.29 is 0 Å². The van der Waals surface area contributed by atoms with Gasteiger partial charge in [-0.25, -0.2) is 0 Å². The molecule has 0 radical (unpaired) electrons. The van der Waals surface area contributed by atoms with E-state index in [1.807, 2.05) is 0 Å². The van der Waals surface area contributed by atoms with Crippen molar-refractivity contribution in [1.82, 2.24) is 0 Å². The molecule has 0 aliphatic heterocycles. The van der Waals surface area contributed by atoms with E-state index in [1.54, 1.807) is 0 Å². The zero-order valence-electron chi connectivity index (χ0n) is 31.1. The van der Waals surface area contributed by atoms with E-state index in [2.05, 4.69) is 232 Å². The second-order valence-corrected chi connectivity index (χ2v) is 13.6. The van der Waals surface area contributed by atoms with Crippen molar-refractivity contribution in [2.45, 2.75) is 34.1 Å². The fourth-order valence-corrected chi connectivity index (χ4v) is 6.66. The lowest BCUT2D eigenvalue weighted by Gasteiger charge is -2.27. The van der Waals surface area contributed by atoms with Gasteiger partial charge in [-0.1, -0.05) is 152 Å². The summed E-state index contributed by atoms with van der Waals surface area (Å²) in [6.07, 6.45) is 9.70. The van der Waals surface area contributed by atoms with Gasteiger partial charge < -0.3 is 9.80 Å². The summed E-state index contributed by atoms with van der Waals surface area (Å²) in [5.74, 6) is 0. The van der Waals surface area contributed by atoms with E-state index in [0.29, 0.717) is 0 Å². The predicted molar refractivity (Wildman–Crippen MR) is 230 cm³/mol. The number of anilines is 6. The average molecular weight is 687 g/mol. The van der Waals surface area contributed by atoms with Gasteiger partial charge in [0, 0.05) is 34.1 Å². The molecule has 260 valence electrons. The summed E-state index contributed by atoms with van der Waals surface area (Å²) in [7, 11) is 0. The van der Waals surface area contributed by atoms with E-state index < -0.39 is 0 Å². The number of rotatable bonds is 11. The monoisotopic (exact) mass is 686 g/mol. The number of nitrogens with zero attached hydrogens (tertiary/aromatic N) is 2. The van der Waals surface area contributed by atoms with Gasteiger partial charge in [0.05, 0.1) is 0 Å². The Morgan fingerprint density at radius 1 is 0.358 bits per heavy atom. The Kier molecular flexibility index (Phi) is 10.8. The van der Waals surface area contributed by atoms with E-state index in [9.17, 15) is 0 Å². The Morgan fingerprint density at radius 3 is 1.08 bits per heavy atom. The molecule has 2 nitrogen and oxygen atoms in total. The van der Waals surface area contributed by atoms with Crippen molar-refractivity contribution in [1.29, 1.82) is 0 Å². The Bertz CT molecular complexity index is 2310. The van der Waals surface area contributed by atoms with E-state index >= 15 is 0 Å². The van der Waals surface area contributed by atoms with Crippen LogP contribution < -0.4 is 9.80 Å². The minimum atomic E-state index is 0.976. The molecule has 0 aliphatic rings. The Labute approximate surface area is 315 Å². The molecule has 0 amide bonds. The maximum atomic E-state index is 2.36. The molecule has 53 heavy (non-hydrogen) atoms. The summed E-state index contributed by atoms with van der Waals surface area (Å²) in [6.45, 7) is 8.64. The van der Waals surface area contributed by atoms with Gasteiger partial charge in [0.25, 0.3) is 0 Å². The molecular formula is C51H46N2. The summed E-state index contributed by atoms with van der Waals surface area (Å²) in [6, 6.07) is 61.1. The van der Waals surface area contributed by atoms with Crippen molar-refractivity contribution in [2.75, 3.05) is 9.80 Å². The van der Waals surface area contributed by atoms with E-state index in [0.717, 1.165) is 40.3 Å². The highest BCUT2D eigenvalue weighted by molar-refractivity contribution is 5.81. The lowest BCUT2D eigenvalue weighted by Crippen LogP contribution is -2.12. The second kappa shape index (κ2) is 16.3. The third kappa shape index (κ3) is 8.41. The molecule has 7 aromatic carbocycles.